The minimum absolute atomic E-state index is 0.280. The first kappa shape index (κ1) is 15.4. The molecule has 0 amide bonds. The van der Waals surface area contributed by atoms with E-state index in [1.807, 2.05) is 25.1 Å². The van der Waals surface area contributed by atoms with E-state index in [1.165, 1.54) is 10.8 Å². The predicted octanol–water partition coefficient (Wildman–Crippen LogP) is 1.78. The lowest BCUT2D eigenvalue weighted by Crippen LogP contribution is -2.31. The van der Waals surface area contributed by atoms with Crippen molar-refractivity contribution in [2.45, 2.75) is 13.5 Å². The van der Waals surface area contributed by atoms with Crippen molar-refractivity contribution in [2.75, 3.05) is 13.2 Å². The van der Waals surface area contributed by atoms with Crippen LogP contribution in [-0.4, -0.2) is 22.8 Å². The van der Waals surface area contributed by atoms with Gasteiger partial charge in [0.25, 0.3) is 5.56 Å². The van der Waals surface area contributed by atoms with Gasteiger partial charge >= 0.3 is 5.69 Å². The molecule has 2 aromatic rings. The highest BCUT2D eigenvalue weighted by Crippen LogP contribution is 2.26. The van der Waals surface area contributed by atoms with Gasteiger partial charge in [0.2, 0.25) is 0 Å². The zero-order chi connectivity index (χ0) is 15.2. The lowest BCUT2D eigenvalue weighted by Gasteiger charge is -2.12. The molecule has 0 radical (unpaired) electrons. The number of para-hydroxylation sites is 2. The number of aromatic amines is 1. The maximum atomic E-state index is 11.6. The number of nitrogens with one attached hydrogen (secondary N) is 1. The third kappa shape index (κ3) is 3.98. The summed E-state index contributed by atoms with van der Waals surface area (Å²) in [4.78, 5) is 25.1. The normalized spacial score (nSPS) is 10.4. The summed E-state index contributed by atoms with van der Waals surface area (Å²) in [6, 6.07) is 7.33. The second-order valence-corrected chi connectivity index (χ2v) is 5.01. The molecule has 1 N–H and O–H groups in total. The van der Waals surface area contributed by atoms with Gasteiger partial charge in [0.15, 0.2) is 11.5 Å². The highest BCUT2D eigenvalue weighted by molar-refractivity contribution is 9.10. The smallest absolute Gasteiger partial charge is 0.328 e. The Bertz CT molecular complexity index is 723. The Morgan fingerprint density at radius 3 is 2.52 bits per heavy atom. The summed E-state index contributed by atoms with van der Waals surface area (Å²) in [5, 5.41) is 0. The maximum Gasteiger partial charge on any atom is 0.328 e. The molecule has 1 heterocycles. The zero-order valence-corrected chi connectivity index (χ0v) is 13.1. The van der Waals surface area contributed by atoms with E-state index in [1.54, 1.807) is 6.07 Å². The maximum absolute atomic E-state index is 11.6. The summed E-state index contributed by atoms with van der Waals surface area (Å²) in [7, 11) is 0. The van der Waals surface area contributed by atoms with Gasteiger partial charge < -0.3 is 9.47 Å². The fourth-order valence-electron chi connectivity index (χ4n) is 1.75. The van der Waals surface area contributed by atoms with Gasteiger partial charge in [-0.25, -0.2) is 4.79 Å². The quantitative estimate of drug-likeness (QED) is 0.857. The molecule has 0 unspecified atom stereocenters. The van der Waals surface area contributed by atoms with Crippen molar-refractivity contribution < 1.29 is 9.47 Å². The molecule has 0 aliphatic heterocycles. The van der Waals surface area contributed by atoms with Gasteiger partial charge in [0.05, 0.1) is 17.6 Å². The van der Waals surface area contributed by atoms with Crippen molar-refractivity contribution >= 4 is 15.9 Å². The molecule has 0 aliphatic carbocycles. The molecule has 0 saturated heterocycles. The Kier molecular flexibility index (Phi) is 5.21. The molecule has 1 aromatic carbocycles. The molecule has 0 bridgehead atoms. The van der Waals surface area contributed by atoms with E-state index in [0.29, 0.717) is 29.1 Å². The lowest BCUT2D eigenvalue weighted by molar-refractivity contribution is 0.264. The van der Waals surface area contributed by atoms with Gasteiger partial charge in [-0.15, -0.1) is 0 Å². The van der Waals surface area contributed by atoms with Gasteiger partial charge in [0.1, 0.15) is 6.61 Å². The van der Waals surface area contributed by atoms with Crippen molar-refractivity contribution in [3.05, 3.63) is 55.8 Å². The first-order valence-electron chi connectivity index (χ1n) is 6.45. The number of halogens is 1. The monoisotopic (exact) mass is 354 g/mol. The Hall–Kier alpha value is -2.02. The summed E-state index contributed by atoms with van der Waals surface area (Å²) >= 11 is 3.08. The number of hydrogen-bond acceptors (Lipinski definition) is 4. The van der Waals surface area contributed by atoms with E-state index in [-0.39, 0.29) is 6.61 Å². The summed E-state index contributed by atoms with van der Waals surface area (Å²) in [6.07, 6.45) is 1.44. The van der Waals surface area contributed by atoms with E-state index < -0.39 is 11.2 Å². The summed E-state index contributed by atoms with van der Waals surface area (Å²) in [5.41, 5.74) is -0.913. The minimum Gasteiger partial charge on any atom is -0.490 e. The van der Waals surface area contributed by atoms with Gasteiger partial charge in [-0.05, 0) is 35.0 Å². The Labute approximate surface area is 129 Å². The third-order valence-electron chi connectivity index (χ3n) is 2.71. The molecule has 21 heavy (non-hydrogen) atoms. The second kappa shape index (κ2) is 7.12. The SMILES string of the molecule is CCOc1ccccc1OCCn1cc(Br)c(=O)[nH]c1=O. The molecule has 0 aliphatic rings. The zero-order valence-electron chi connectivity index (χ0n) is 11.5. The van der Waals surface area contributed by atoms with E-state index in [0.717, 1.165) is 0 Å². The molecule has 2 rings (SSSR count). The Morgan fingerprint density at radius 2 is 1.86 bits per heavy atom. The molecule has 0 fully saturated rings. The Balaban J connectivity index is 2.04. The van der Waals surface area contributed by atoms with Crippen molar-refractivity contribution in [3.63, 3.8) is 0 Å². The van der Waals surface area contributed by atoms with E-state index in [2.05, 4.69) is 20.9 Å². The van der Waals surface area contributed by atoms with Gasteiger partial charge in [0, 0.05) is 6.20 Å². The molecule has 0 spiro atoms. The number of H-pyrrole nitrogens is 1. The van der Waals surface area contributed by atoms with Crippen LogP contribution in [0.1, 0.15) is 6.92 Å². The van der Waals surface area contributed by atoms with Crippen LogP contribution in [0, 0.1) is 0 Å². The number of nitrogens with zero attached hydrogens (tertiary/aromatic N) is 1. The summed E-state index contributed by atoms with van der Waals surface area (Å²) in [6.45, 7) is 3.04. The van der Waals surface area contributed by atoms with Crippen LogP contribution in [0.2, 0.25) is 0 Å². The van der Waals surface area contributed by atoms with Crippen LogP contribution in [0.3, 0.4) is 0 Å². The van der Waals surface area contributed by atoms with Gasteiger partial charge in [-0.2, -0.15) is 0 Å². The average molecular weight is 355 g/mol. The number of rotatable bonds is 6. The van der Waals surface area contributed by atoms with Crippen molar-refractivity contribution in [1.29, 1.82) is 0 Å². The second-order valence-electron chi connectivity index (χ2n) is 4.16. The molecule has 0 saturated carbocycles. The van der Waals surface area contributed by atoms with Crippen molar-refractivity contribution in [1.82, 2.24) is 9.55 Å². The lowest BCUT2D eigenvalue weighted by atomic mass is 10.3. The average Bonchev–Trinajstić information content (AvgIpc) is 2.46. The molecule has 1 aromatic heterocycles. The van der Waals surface area contributed by atoms with Gasteiger partial charge in [-0.3, -0.25) is 14.3 Å². The molecule has 7 heteroatoms. The number of hydrogen-bond donors (Lipinski definition) is 1. The standard InChI is InChI=1S/C14H15BrN2O4/c1-2-20-11-5-3-4-6-12(11)21-8-7-17-9-10(15)13(18)16-14(17)19/h3-6,9H,2,7-8H2,1H3,(H,16,18,19). The van der Waals surface area contributed by atoms with Crippen molar-refractivity contribution in [3.8, 4) is 11.5 Å². The van der Waals surface area contributed by atoms with Crippen molar-refractivity contribution in [2.24, 2.45) is 0 Å². The van der Waals surface area contributed by atoms with Crippen LogP contribution in [0.4, 0.5) is 0 Å². The first-order chi connectivity index (χ1) is 10.1. The van der Waals surface area contributed by atoms with E-state index >= 15 is 0 Å². The fourth-order valence-corrected chi connectivity index (χ4v) is 2.09. The molecule has 112 valence electrons. The van der Waals surface area contributed by atoms with Crippen LogP contribution in [0.5, 0.6) is 11.5 Å². The largest absolute Gasteiger partial charge is 0.490 e. The number of benzene rings is 1. The predicted molar refractivity (Wildman–Crippen MR) is 82.1 cm³/mol. The molecular weight excluding hydrogens is 340 g/mol. The summed E-state index contributed by atoms with van der Waals surface area (Å²) < 4.78 is 12.7. The van der Waals surface area contributed by atoms with Gasteiger partial charge in [-0.1, -0.05) is 12.1 Å². The van der Waals surface area contributed by atoms with Crippen LogP contribution >= 0.6 is 15.9 Å². The van der Waals surface area contributed by atoms with Crippen LogP contribution in [0.15, 0.2) is 44.5 Å². The first-order valence-corrected chi connectivity index (χ1v) is 7.25. The van der Waals surface area contributed by atoms with Crippen LogP contribution < -0.4 is 20.7 Å². The minimum atomic E-state index is -0.468. The van der Waals surface area contributed by atoms with E-state index in [9.17, 15) is 9.59 Å². The molecule has 6 nitrogen and oxygen atoms in total. The summed E-state index contributed by atoms with van der Waals surface area (Å²) in [5.74, 6) is 1.28. The number of ether oxygens (including phenoxy) is 2. The van der Waals surface area contributed by atoms with Crippen LogP contribution in [-0.2, 0) is 6.54 Å². The Morgan fingerprint density at radius 1 is 1.19 bits per heavy atom. The molecular formula is C14H15BrN2O4. The number of aromatic nitrogens is 2. The highest BCUT2D eigenvalue weighted by Gasteiger charge is 2.05. The molecule has 0 atom stereocenters. The van der Waals surface area contributed by atoms with E-state index in [4.69, 9.17) is 9.47 Å². The third-order valence-corrected chi connectivity index (χ3v) is 3.27. The fraction of sp³-hybridized carbons (Fsp3) is 0.286. The van der Waals surface area contributed by atoms with Crippen LogP contribution in [0.25, 0.3) is 0 Å². The highest BCUT2D eigenvalue weighted by atomic mass is 79.9. The topological polar surface area (TPSA) is 73.3 Å².